The van der Waals surface area contributed by atoms with E-state index in [-0.39, 0.29) is 11.6 Å². The Kier molecular flexibility index (Phi) is 8.38. The number of aromatic nitrogens is 3. The van der Waals surface area contributed by atoms with Gasteiger partial charge in [0.1, 0.15) is 18.7 Å². The van der Waals surface area contributed by atoms with Crippen molar-refractivity contribution in [3.05, 3.63) is 94.4 Å². The van der Waals surface area contributed by atoms with Gasteiger partial charge in [0, 0.05) is 31.8 Å². The molecule has 0 aliphatic heterocycles. The molecule has 5 rings (SSSR count). The van der Waals surface area contributed by atoms with Crippen LogP contribution in [0, 0.1) is 25.2 Å². The van der Waals surface area contributed by atoms with E-state index in [1.807, 2.05) is 37.5 Å². The largest absolute Gasteiger partial charge is 0.380 e. The number of aliphatic hydroxyl groups excluding tert-OH is 1. The monoisotopic (exact) mass is 614 g/mol. The van der Waals surface area contributed by atoms with Crippen LogP contribution < -0.4 is 0 Å². The molecule has 0 bridgehead atoms. The van der Waals surface area contributed by atoms with E-state index < -0.39 is 24.2 Å². The predicted molar refractivity (Wildman–Crippen MR) is 172 cm³/mol. The van der Waals surface area contributed by atoms with Gasteiger partial charge >= 0.3 is 0 Å². The maximum Gasteiger partial charge on any atom is 0.268 e. The predicted octanol–water partition coefficient (Wildman–Crippen LogP) is 6.67. The summed E-state index contributed by atoms with van der Waals surface area (Å²) in [7, 11) is -5.19. The van der Waals surface area contributed by atoms with Crippen LogP contribution in [-0.4, -0.2) is 41.7 Å². The van der Waals surface area contributed by atoms with Crippen molar-refractivity contribution in [2.75, 3.05) is 6.61 Å². The van der Waals surface area contributed by atoms with Crippen molar-refractivity contribution < 1.29 is 18.3 Å². The van der Waals surface area contributed by atoms with Crippen molar-refractivity contribution in [2.45, 2.75) is 70.6 Å². The molecule has 1 N–H and O–H groups in total. The second-order valence-electron chi connectivity index (χ2n) is 12.3. The summed E-state index contributed by atoms with van der Waals surface area (Å²) in [6.45, 7) is 13.5. The minimum atomic E-state index is -3.88. The first-order valence-corrected chi connectivity index (χ1v) is 19.6. The summed E-state index contributed by atoms with van der Waals surface area (Å²) in [4.78, 5) is 5.00. The number of aliphatic hydroxyl groups is 1. The minimum Gasteiger partial charge on any atom is -0.380 e. The first-order chi connectivity index (χ1) is 20.4. The molecule has 1 unspecified atom stereocenters. The normalized spacial score (nSPS) is 13.1. The van der Waals surface area contributed by atoms with Gasteiger partial charge in [0.2, 0.25) is 0 Å². The smallest absolute Gasteiger partial charge is 0.268 e. The third-order valence-corrected chi connectivity index (χ3v) is 11.2. The highest BCUT2D eigenvalue weighted by atomic mass is 32.2. The Balaban J connectivity index is 1.66. The van der Waals surface area contributed by atoms with Crippen molar-refractivity contribution in [3.63, 3.8) is 0 Å². The van der Waals surface area contributed by atoms with Gasteiger partial charge in [-0.15, -0.1) is 0 Å². The minimum absolute atomic E-state index is 0.193. The van der Waals surface area contributed by atoms with Crippen LogP contribution in [0.2, 0.25) is 25.7 Å². The highest BCUT2D eigenvalue weighted by Crippen LogP contribution is 2.37. The van der Waals surface area contributed by atoms with Gasteiger partial charge in [0.15, 0.2) is 0 Å². The molecule has 3 aromatic carbocycles. The Labute approximate surface area is 254 Å². The molecule has 224 valence electrons. The molecule has 10 heteroatoms. The van der Waals surface area contributed by atoms with E-state index in [2.05, 4.69) is 25.7 Å². The van der Waals surface area contributed by atoms with E-state index >= 15 is 0 Å². The van der Waals surface area contributed by atoms with Crippen molar-refractivity contribution >= 4 is 40.0 Å². The topological polar surface area (TPSA) is 110 Å². The molecule has 43 heavy (non-hydrogen) atoms. The molecule has 2 aromatic heterocycles. The first-order valence-electron chi connectivity index (χ1n) is 14.5. The maximum atomic E-state index is 13.8. The SMILES string of the molecule is CCc1cc(C)c2c(ccn2S(=O)(=O)c2ccc(C)cc2)c1C(O)c1nc2cc(C#N)ccc2n1COCC[Si](C)(C)C. The molecule has 8 nitrogen and oxygen atoms in total. The van der Waals surface area contributed by atoms with Gasteiger partial charge in [-0.3, -0.25) is 0 Å². The van der Waals surface area contributed by atoms with E-state index in [9.17, 15) is 18.8 Å². The van der Waals surface area contributed by atoms with Gasteiger partial charge in [-0.25, -0.2) is 17.4 Å². The zero-order valence-corrected chi connectivity index (χ0v) is 27.4. The fourth-order valence-electron chi connectivity index (χ4n) is 5.46. The van der Waals surface area contributed by atoms with E-state index in [1.165, 1.54) is 3.97 Å². The lowest BCUT2D eigenvalue weighted by Crippen LogP contribution is -2.22. The molecular weight excluding hydrogens is 577 g/mol. The summed E-state index contributed by atoms with van der Waals surface area (Å²) in [6, 6.07) is 18.9. The molecule has 2 heterocycles. The lowest BCUT2D eigenvalue weighted by atomic mass is 9.93. The van der Waals surface area contributed by atoms with E-state index in [0.717, 1.165) is 28.3 Å². The molecule has 0 saturated carbocycles. The zero-order valence-electron chi connectivity index (χ0n) is 25.5. The highest BCUT2D eigenvalue weighted by Gasteiger charge is 2.28. The number of fused-ring (bicyclic) bond motifs is 2. The van der Waals surface area contributed by atoms with Crippen molar-refractivity contribution in [2.24, 2.45) is 0 Å². The summed E-state index contributed by atoms with van der Waals surface area (Å²) in [6.07, 6.45) is 1.02. The number of hydrogen-bond acceptors (Lipinski definition) is 6. The fraction of sp³-hybridized carbons (Fsp3) is 0.333. The number of ether oxygens (including phenoxy) is 1. The lowest BCUT2D eigenvalue weighted by molar-refractivity contribution is 0.0815. The average Bonchev–Trinajstić information content (AvgIpc) is 3.57. The van der Waals surface area contributed by atoms with Gasteiger partial charge in [-0.1, -0.05) is 50.3 Å². The van der Waals surface area contributed by atoms with Gasteiger partial charge < -0.3 is 14.4 Å². The number of nitriles is 1. The van der Waals surface area contributed by atoms with E-state index in [0.29, 0.717) is 46.4 Å². The molecule has 0 radical (unpaired) electrons. The second kappa shape index (κ2) is 11.7. The van der Waals surface area contributed by atoms with E-state index in [1.54, 1.807) is 48.7 Å². The number of imidazole rings is 1. The number of hydrogen-bond donors (Lipinski definition) is 1. The van der Waals surface area contributed by atoms with Crippen molar-refractivity contribution in [1.29, 1.82) is 5.26 Å². The molecule has 0 spiro atoms. The van der Waals surface area contributed by atoms with Gasteiger partial charge in [0.25, 0.3) is 10.0 Å². The van der Waals surface area contributed by atoms with Crippen LogP contribution in [0.4, 0.5) is 0 Å². The standard InChI is InChI=1S/C33H38N4O4SSi/c1-7-25-18-23(3)31-27(14-15-37(31)42(39,40)26-11-8-22(2)9-12-26)30(25)32(38)33-35-28-19-24(20-34)10-13-29(28)36(33)21-41-16-17-43(4,5)6/h8-15,18-19,32,38H,7,16-17,21H2,1-6H3. The van der Waals surface area contributed by atoms with Gasteiger partial charge in [0.05, 0.1) is 33.1 Å². The van der Waals surface area contributed by atoms with Crippen molar-refractivity contribution in [3.8, 4) is 6.07 Å². The molecular formula is C33H38N4O4SSi. The van der Waals surface area contributed by atoms with Crippen LogP contribution in [0.3, 0.4) is 0 Å². The molecule has 0 fully saturated rings. The number of benzene rings is 3. The Hall–Kier alpha value is -3.75. The van der Waals surface area contributed by atoms with Gasteiger partial charge in [-0.2, -0.15) is 5.26 Å². The molecule has 0 aliphatic rings. The number of nitrogens with zero attached hydrogens (tertiary/aromatic N) is 4. The molecule has 0 saturated heterocycles. The molecule has 1 atom stereocenters. The summed E-state index contributed by atoms with van der Waals surface area (Å²) in [5.74, 6) is 0.382. The Bertz CT molecular complexity index is 1960. The first kappa shape index (κ1) is 30.7. The summed E-state index contributed by atoms with van der Waals surface area (Å²) >= 11 is 0. The third kappa shape index (κ3) is 5.91. The van der Waals surface area contributed by atoms with E-state index in [4.69, 9.17) is 9.72 Å². The Morgan fingerprint density at radius 1 is 1.07 bits per heavy atom. The highest BCUT2D eigenvalue weighted by molar-refractivity contribution is 7.90. The fourth-order valence-corrected chi connectivity index (χ4v) is 7.63. The Morgan fingerprint density at radius 2 is 1.79 bits per heavy atom. The van der Waals surface area contributed by atoms with Crippen LogP contribution in [-0.2, 0) is 27.9 Å². The van der Waals surface area contributed by atoms with Crippen LogP contribution in [0.15, 0.2) is 65.7 Å². The summed E-state index contributed by atoms with van der Waals surface area (Å²) < 4.78 is 36.8. The van der Waals surface area contributed by atoms with Crippen LogP contribution in [0.25, 0.3) is 21.9 Å². The van der Waals surface area contributed by atoms with Crippen LogP contribution in [0.5, 0.6) is 0 Å². The van der Waals surface area contributed by atoms with Crippen LogP contribution in [0.1, 0.15) is 46.7 Å². The molecule has 5 aromatic rings. The zero-order chi connectivity index (χ0) is 31.1. The summed E-state index contributed by atoms with van der Waals surface area (Å²) in [5, 5.41) is 22.2. The average molecular weight is 615 g/mol. The quantitative estimate of drug-likeness (QED) is 0.139. The van der Waals surface area contributed by atoms with Gasteiger partial charge in [-0.05, 0) is 73.8 Å². The second-order valence-corrected chi connectivity index (χ2v) is 19.7. The summed E-state index contributed by atoms with van der Waals surface area (Å²) in [5.41, 5.74) is 5.62. The molecule has 0 aliphatic carbocycles. The molecule has 0 amide bonds. The Morgan fingerprint density at radius 3 is 2.44 bits per heavy atom. The lowest BCUT2D eigenvalue weighted by Gasteiger charge is -2.20. The maximum absolute atomic E-state index is 13.8. The van der Waals surface area contributed by atoms with Crippen LogP contribution >= 0.6 is 0 Å². The van der Waals surface area contributed by atoms with Crippen molar-refractivity contribution in [1.82, 2.24) is 13.5 Å². The number of aryl methyl sites for hydroxylation is 3. The number of rotatable bonds is 10. The third-order valence-electron chi connectivity index (χ3n) is 7.85.